The molecule has 1 aliphatic carbocycles. The number of nitrogens with zero attached hydrogens (tertiary/aromatic N) is 2. The molecule has 2 N–H and O–H groups in total. The second-order valence-corrected chi connectivity index (χ2v) is 12.5. The third-order valence-corrected chi connectivity index (χ3v) is 8.10. The van der Waals surface area contributed by atoms with Crippen molar-refractivity contribution in [2.75, 3.05) is 30.2 Å². The topological polar surface area (TPSA) is 107 Å². The maximum absolute atomic E-state index is 13.9. The molecule has 0 heterocycles. The van der Waals surface area contributed by atoms with Crippen LogP contribution in [0.15, 0.2) is 78.9 Å². The minimum absolute atomic E-state index is 0.0227. The van der Waals surface area contributed by atoms with E-state index < -0.39 is 16.0 Å². The molecule has 1 saturated carbocycles. The smallest absolute Gasteiger partial charge is 0.328 e. The molecule has 8 nitrogen and oxygen atoms in total. The van der Waals surface area contributed by atoms with Crippen LogP contribution in [-0.2, 0) is 26.2 Å². The zero-order valence-corrected chi connectivity index (χ0v) is 24.5. The number of carbonyl (C=O) groups excluding carboxylic acids is 1. The van der Waals surface area contributed by atoms with Gasteiger partial charge in [0.25, 0.3) is 0 Å². The molecule has 3 aromatic carbocycles. The molecular formula is C32H37N3O5S. The van der Waals surface area contributed by atoms with Crippen LogP contribution in [0.3, 0.4) is 0 Å². The summed E-state index contributed by atoms with van der Waals surface area (Å²) in [5, 5.41) is 9.04. The van der Waals surface area contributed by atoms with Gasteiger partial charge in [0.1, 0.15) is 0 Å². The molecule has 0 saturated heterocycles. The average molecular weight is 576 g/mol. The fourth-order valence-electron chi connectivity index (χ4n) is 5.18. The molecule has 1 aliphatic rings. The number of carboxylic acid groups (broad SMARTS) is 1. The molecule has 0 atom stereocenters. The lowest BCUT2D eigenvalue weighted by Crippen LogP contribution is -2.42. The largest absolute Gasteiger partial charge is 0.478 e. The second kappa shape index (κ2) is 13.1. The molecule has 3 aromatic rings. The summed E-state index contributed by atoms with van der Waals surface area (Å²) >= 11 is 0. The highest BCUT2D eigenvalue weighted by molar-refractivity contribution is 7.88. The van der Waals surface area contributed by atoms with E-state index in [0.717, 1.165) is 34.7 Å². The van der Waals surface area contributed by atoms with Crippen molar-refractivity contribution in [3.05, 3.63) is 90.0 Å². The minimum atomic E-state index is -3.30. The molecular weight excluding hydrogens is 538 g/mol. The molecule has 0 bridgehead atoms. The van der Waals surface area contributed by atoms with Crippen LogP contribution in [0.25, 0.3) is 17.2 Å². The van der Waals surface area contributed by atoms with Crippen LogP contribution in [0.4, 0.5) is 11.4 Å². The SMILES string of the molecule is CN(C)c1ccc(-c2ccc(CN(C(=O)C3CCC(NS(C)(=O)=O)CC3)c3cccc(C=CC(=O)O)c3)cc2)cc1. The lowest BCUT2D eigenvalue weighted by atomic mass is 9.85. The van der Waals surface area contributed by atoms with Crippen molar-refractivity contribution < 1.29 is 23.1 Å². The van der Waals surface area contributed by atoms with Gasteiger partial charge in [-0.05, 0) is 78.3 Å². The number of hydrogen-bond donors (Lipinski definition) is 2. The summed E-state index contributed by atoms with van der Waals surface area (Å²) in [5.74, 6) is -1.30. The van der Waals surface area contributed by atoms with Gasteiger partial charge in [0.05, 0.1) is 12.8 Å². The summed E-state index contributed by atoms with van der Waals surface area (Å²) in [7, 11) is 0.711. The molecule has 0 aromatic heterocycles. The maximum atomic E-state index is 13.9. The molecule has 0 radical (unpaired) electrons. The van der Waals surface area contributed by atoms with Crippen LogP contribution in [0.5, 0.6) is 0 Å². The molecule has 0 spiro atoms. The van der Waals surface area contributed by atoms with E-state index in [1.165, 1.54) is 6.08 Å². The summed E-state index contributed by atoms with van der Waals surface area (Å²) < 4.78 is 26.0. The van der Waals surface area contributed by atoms with Crippen LogP contribution < -0.4 is 14.5 Å². The van der Waals surface area contributed by atoms with Crippen molar-refractivity contribution in [2.45, 2.75) is 38.3 Å². The number of carbonyl (C=O) groups is 2. The number of nitrogens with one attached hydrogen (secondary N) is 1. The van der Waals surface area contributed by atoms with E-state index in [2.05, 4.69) is 46.0 Å². The highest BCUT2D eigenvalue weighted by Crippen LogP contribution is 2.30. The van der Waals surface area contributed by atoms with Gasteiger partial charge in [-0.2, -0.15) is 0 Å². The first-order valence-corrected chi connectivity index (χ1v) is 15.5. The lowest BCUT2D eigenvalue weighted by Gasteiger charge is -2.32. The van der Waals surface area contributed by atoms with Crippen molar-refractivity contribution >= 4 is 39.4 Å². The van der Waals surface area contributed by atoms with E-state index in [-0.39, 0.29) is 17.9 Å². The maximum Gasteiger partial charge on any atom is 0.328 e. The van der Waals surface area contributed by atoms with Gasteiger partial charge < -0.3 is 14.9 Å². The van der Waals surface area contributed by atoms with E-state index in [0.29, 0.717) is 43.5 Å². The van der Waals surface area contributed by atoms with E-state index in [1.54, 1.807) is 11.0 Å². The first-order chi connectivity index (χ1) is 19.5. The molecule has 9 heteroatoms. The van der Waals surface area contributed by atoms with Gasteiger partial charge in [-0.1, -0.05) is 48.5 Å². The number of aliphatic carboxylic acids is 1. The summed E-state index contributed by atoms with van der Waals surface area (Å²) in [6.07, 6.45) is 6.10. The molecule has 0 aliphatic heterocycles. The predicted molar refractivity (Wildman–Crippen MR) is 164 cm³/mol. The van der Waals surface area contributed by atoms with Crippen molar-refractivity contribution in [3.8, 4) is 11.1 Å². The fraction of sp³-hybridized carbons (Fsp3) is 0.312. The molecule has 1 amide bonds. The van der Waals surface area contributed by atoms with Crippen LogP contribution in [0, 0.1) is 5.92 Å². The van der Waals surface area contributed by atoms with Crippen molar-refractivity contribution in [3.63, 3.8) is 0 Å². The third kappa shape index (κ3) is 8.52. The highest BCUT2D eigenvalue weighted by Gasteiger charge is 2.31. The molecule has 216 valence electrons. The van der Waals surface area contributed by atoms with Crippen LogP contribution >= 0.6 is 0 Å². The quantitative estimate of drug-likeness (QED) is 0.324. The summed E-state index contributed by atoms with van der Waals surface area (Å²) in [6.45, 7) is 0.353. The fourth-order valence-corrected chi connectivity index (χ4v) is 6.02. The Bertz CT molecular complexity index is 1490. The monoisotopic (exact) mass is 575 g/mol. The third-order valence-electron chi connectivity index (χ3n) is 7.34. The number of amides is 1. The molecule has 1 fully saturated rings. The highest BCUT2D eigenvalue weighted by atomic mass is 32.2. The van der Waals surface area contributed by atoms with Crippen LogP contribution in [0.1, 0.15) is 36.8 Å². The molecule has 4 rings (SSSR count). The van der Waals surface area contributed by atoms with Crippen molar-refractivity contribution in [1.29, 1.82) is 0 Å². The first kappa shape index (κ1) is 30.0. The zero-order valence-electron chi connectivity index (χ0n) is 23.7. The van der Waals surface area contributed by atoms with E-state index in [4.69, 9.17) is 5.11 Å². The zero-order chi connectivity index (χ0) is 29.6. The van der Waals surface area contributed by atoms with Gasteiger partial charge in [-0.15, -0.1) is 0 Å². The van der Waals surface area contributed by atoms with Crippen molar-refractivity contribution in [1.82, 2.24) is 4.72 Å². The number of hydrogen-bond acceptors (Lipinski definition) is 5. The van der Waals surface area contributed by atoms with E-state index >= 15 is 0 Å². The van der Waals surface area contributed by atoms with Crippen molar-refractivity contribution in [2.24, 2.45) is 5.92 Å². The Balaban J connectivity index is 1.56. The molecule has 0 unspecified atom stereocenters. The Hall–Kier alpha value is -3.95. The Morgan fingerprint density at radius 1 is 0.902 bits per heavy atom. The van der Waals surface area contributed by atoms with Crippen LogP contribution in [0.2, 0.25) is 0 Å². The van der Waals surface area contributed by atoms with Gasteiger partial charge in [0, 0.05) is 43.5 Å². The number of benzene rings is 3. The Morgan fingerprint density at radius 2 is 1.51 bits per heavy atom. The second-order valence-electron chi connectivity index (χ2n) is 10.8. The number of rotatable bonds is 10. The van der Waals surface area contributed by atoms with Crippen LogP contribution in [-0.4, -0.2) is 51.8 Å². The van der Waals surface area contributed by atoms with Gasteiger partial charge in [0.15, 0.2) is 0 Å². The average Bonchev–Trinajstić information content (AvgIpc) is 2.94. The summed E-state index contributed by atoms with van der Waals surface area (Å²) in [6, 6.07) is 23.6. The Morgan fingerprint density at radius 3 is 2.07 bits per heavy atom. The Kier molecular flexibility index (Phi) is 9.62. The normalized spacial score (nSPS) is 17.3. The standard InChI is InChI=1S/C32H37N3O5S/c1-34(2)29-18-14-26(15-19-29)25-10-7-24(8-11-25)22-35(30-6-4-5-23(21-30)9-20-31(36)37)32(38)27-12-16-28(17-13-27)33-41(3,39)40/h4-11,14-15,18-21,27-28,33H,12-13,16-17,22H2,1-3H3,(H,36,37). The minimum Gasteiger partial charge on any atom is -0.478 e. The van der Waals surface area contributed by atoms with Gasteiger partial charge in [-0.3, -0.25) is 4.79 Å². The Labute approximate surface area is 242 Å². The number of carboxylic acids is 1. The molecule has 41 heavy (non-hydrogen) atoms. The summed E-state index contributed by atoms with van der Waals surface area (Å²) in [5.41, 5.74) is 5.64. The van der Waals surface area contributed by atoms with Gasteiger partial charge in [-0.25, -0.2) is 17.9 Å². The lowest BCUT2D eigenvalue weighted by molar-refractivity contribution is -0.131. The van der Waals surface area contributed by atoms with E-state index in [9.17, 15) is 18.0 Å². The first-order valence-electron chi connectivity index (χ1n) is 13.6. The summed E-state index contributed by atoms with van der Waals surface area (Å²) in [4.78, 5) is 28.8. The van der Waals surface area contributed by atoms with E-state index in [1.807, 2.05) is 44.4 Å². The number of sulfonamides is 1. The number of anilines is 2. The van der Waals surface area contributed by atoms with Gasteiger partial charge >= 0.3 is 5.97 Å². The van der Waals surface area contributed by atoms with Gasteiger partial charge in [0.2, 0.25) is 15.9 Å². The predicted octanol–water partition coefficient (Wildman–Crippen LogP) is 5.16.